The average molecular weight is 254 g/mol. The van der Waals surface area contributed by atoms with Crippen LogP contribution >= 0.6 is 11.6 Å². The molecule has 0 aromatic heterocycles. The third-order valence-corrected chi connectivity index (χ3v) is 3.63. The highest BCUT2D eigenvalue weighted by molar-refractivity contribution is 6.30. The molecule has 17 heavy (non-hydrogen) atoms. The minimum absolute atomic E-state index is 0.264. The van der Waals surface area contributed by atoms with Crippen molar-refractivity contribution >= 4 is 23.3 Å². The molecule has 92 valence electrons. The summed E-state index contributed by atoms with van der Waals surface area (Å²) in [5.74, 6) is -0.790. The molecule has 1 aliphatic heterocycles. The van der Waals surface area contributed by atoms with Gasteiger partial charge in [0.15, 0.2) is 0 Å². The Morgan fingerprint density at radius 1 is 1.65 bits per heavy atom. The van der Waals surface area contributed by atoms with Crippen molar-refractivity contribution in [2.45, 2.75) is 19.3 Å². The molecule has 0 radical (unpaired) electrons. The van der Waals surface area contributed by atoms with Crippen molar-refractivity contribution in [3.8, 4) is 0 Å². The summed E-state index contributed by atoms with van der Waals surface area (Å²) in [6.45, 7) is 2.62. The van der Waals surface area contributed by atoms with Crippen LogP contribution in [0.4, 0.5) is 5.69 Å². The van der Waals surface area contributed by atoms with Crippen LogP contribution in [-0.2, 0) is 4.79 Å². The molecule has 4 heteroatoms. The first kappa shape index (κ1) is 12.2. The van der Waals surface area contributed by atoms with Gasteiger partial charge in [0.2, 0.25) is 0 Å². The lowest BCUT2D eigenvalue weighted by atomic mass is 9.91. The third-order valence-electron chi connectivity index (χ3n) is 3.39. The van der Waals surface area contributed by atoms with E-state index < -0.39 is 5.97 Å². The van der Waals surface area contributed by atoms with Crippen molar-refractivity contribution in [2.75, 3.05) is 18.5 Å². The largest absolute Gasteiger partial charge is 0.481 e. The normalized spacial score (nSPS) is 20.2. The van der Waals surface area contributed by atoms with E-state index in [4.69, 9.17) is 16.7 Å². The maximum atomic E-state index is 10.9. The van der Waals surface area contributed by atoms with Crippen LogP contribution in [0.25, 0.3) is 0 Å². The van der Waals surface area contributed by atoms with Crippen molar-refractivity contribution in [3.63, 3.8) is 0 Å². The van der Waals surface area contributed by atoms with Gasteiger partial charge in [0, 0.05) is 30.2 Å². The van der Waals surface area contributed by atoms with Crippen LogP contribution in [0, 0.1) is 5.92 Å². The standard InChI is InChI=1S/C13H16ClNO2/c1-8(13(16)17)5-9-7-15(2)12-4-3-10(14)6-11(9)12/h3-4,6,8-9H,5,7H2,1-2H3,(H,16,17). The second-order valence-corrected chi connectivity index (χ2v) is 5.19. The van der Waals surface area contributed by atoms with Crippen molar-refractivity contribution in [2.24, 2.45) is 5.92 Å². The number of nitrogens with zero attached hydrogens (tertiary/aromatic N) is 1. The van der Waals surface area contributed by atoms with Crippen LogP contribution in [0.3, 0.4) is 0 Å². The molecule has 2 rings (SSSR count). The molecule has 1 heterocycles. The molecule has 0 saturated heterocycles. The fraction of sp³-hybridized carbons (Fsp3) is 0.462. The predicted octanol–water partition coefficient (Wildman–Crippen LogP) is 2.98. The molecule has 2 unspecified atom stereocenters. The van der Waals surface area contributed by atoms with Crippen LogP contribution in [0.5, 0.6) is 0 Å². The molecule has 1 aromatic rings. The molecule has 2 atom stereocenters. The number of carbonyl (C=O) groups is 1. The highest BCUT2D eigenvalue weighted by Crippen LogP contribution is 2.39. The zero-order chi connectivity index (χ0) is 12.6. The van der Waals surface area contributed by atoms with Gasteiger partial charge in [0.1, 0.15) is 0 Å². The number of benzene rings is 1. The molecule has 0 bridgehead atoms. The number of halogens is 1. The lowest BCUT2D eigenvalue weighted by molar-refractivity contribution is -0.141. The van der Waals surface area contributed by atoms with E-state index in [9.17, 15) is 4.79 Å². The van der Waals surface area contributed by atoms with Crippen LogP contribution < -0.4 is 4.90 Å². The van der Waals surface area contributed by atoms with E-state index in [-0.39, 0.29) is 11.8 Å². The van der Waals surface area contributed by atoms with Crippen molar-refractivity contribution in [1.29, 1.82) is 0 Å². The van der Waals surface area contributed by atoms with E-state index in [0.717, 1.165) is 12.2 Å². The van der Waals surface area contributed by atoms with Gasteiger partial charge in [-0.2, -0.15) is 0 Å². The number of hydrogen-bond acceptors (Lipinski definition) is 2. The molecule has 1 aromatic carbocycles. The Kier molecular flexibility index (Phi) is 3.29. The van der Waals surface area contributed by atoms with Crippen LogP contribution in [0.15, 0.2) is 18.2 Å². The zero-order valence-electron chi connectivity index (χ0n) is 9.98. The van der Waals surface area contributed by atoms with E-state index in [2.05, 4.69) is 4.90 Å². The number of likely N-dealkylation sites (N-methyl/N-ethyl adjacent to an activating group) is 1. The Hall–Kier alpha value is -1.22. The van der Waals surface area contributed by atoms with Crippen molar-refractivity contribution in [1.82, 2.24) is 0 Å². The second kappa shape index (κ2) is 4.57. The van der Waals surface area contributed by atoms with Gasteiger partial charge < -0.3 is 10.0 Å². The molecule has 1 aliphatic rings. The fourth-order valence-electron chi connectivity index (χ4n) is 2.46. The quantitative estimate of drug-likeness (QED) is 0.900. The molecular weight excluding hydrogens is 238 g/mol. The maximum absolute atomic E-state index is 10.9. The van der Waals surface area contributed by atoms with E-state index >= 15 is 0 Å². The predicted molar refractivity (Wildman–Crippen MR) is 68.9 cm³/mol. The Morgan fingerprint density at radius 2 is 2.35 bits per heavy atom. The van der Waals surface area contributed by atoms with Gasteiger partial charge in [0.05, 0.1) is 5.92 Å². The summed E-state index contributed by atoms with van der Waals surface area (Å²) in [5, 5.41) is 9.69. The highest BCUT2D eigenvalue weighted by atomic mass is 35.5. The van der Waals surface area contributed by atoms with Crippen LogP contribution in [0.1, 0.15) is 24.8 Å². The Morgan fingerprint density at radius 3 is 3.00 bits per heavy atom. The summed E-state index contributed by atoms with van der Waals surface area (Å²) in [7, 11) is 2.03. The number of rotatable bonds is 3. The minimum Gasteiger partial charge on any atom is -0.481 e. The number of hydrogen-bond donors (Lipinski definition) is 1. The number of carboxylic acid groups (broad SMARTS) is 1. The van der Waals surface area contributed by atoms with Gasteiger partial charge in [-0.05, 0) is 30.2 Å². The fourth-order valence-corrected chi connectivity index (χ4v) is 2.64. The number of fused-ring (bicyclic) bond motifs is 1. The number of aliphatic carboxylic acids is 1. The SMILES string of the molecule is CC(CC1CN(C)c2ccc(Cl)cc21)C(=O)O. The summed E-state index contributed by atoms with van der Waals surface area (Å²) in [4.78, 5) is 13.1. The van der Waals surface area contributed by atoms with Gasteiger partial charge in [-0.15, -0.1) is 0 Å². The monoisotopic (exact) mass is 253 g/mol. The highest BCUT2D eigenvalue weighted by Gasteiger charge is 2.29. The topological polar surface area (TPSA) is 40.5 Å². The van der Waals surface area contributed by atoms with E-state index in [1.807, 2.05) is 25.2 Å². The summed E-state index contributed by atoms with van der Waals surface area (Å²) < 4.78 is 0. The van der Waals surface area contributed by atoms with Gasteiger partial charge in [-0.1, -0.05) is 18.5 Å². The maximum Gasteiger partial charge on any atom is 0.306 e. The Bertz CT molecular complexity index is 447. The molecule has 1 N–H and O–H groups in total. The molecule has 0 amide bonds. The first-order valence-corrected chi connectivity index (χ1v) is 6.10. The molecule has 3 nitrogen and oxygen atoms in total. The molecular formula is C13H16ClNO2. The van der Waals surface area contributed by atoms with Gasteiger partial charge in [0.25, 0.3) is 0 Å². The first-order chi connectivity index (χ1) is 7.99. The smallest absolute Gasteiger partial charge is 0.306 e. The third kappa shape index (κ3) is 2.39. The van der Waals surface area contributed by atoms with Gasteiger partial charge in [-0.25, -0.2) is 0 Å². The summed E-state index contributed by atoms with van der Waals surface area (Å²) in [6, 6.07) is 5.84. The van der Waals surface area contributed by atoms with Crippen molar-refractivity contribution < 1.29 is 9.90 Å². The lowest BCUT2D eigenvalue weighted by Gasteiger charge is -2.14. The van der Waals surface area contributed by atoms with E-state index in [1.165, 1.54) is 5.56 Å². The molecule has 0 saturated carbocycles. The molecule has 0 fully saturated rings. The molecule has 0 aliphatic carbocycles. The number of anilines is 1. The summed E-state index contributed by atoms with van der Waals surface area (Å²) in [6.07, 6.45) is 0.660. The zero-order valence-corrected chi connectivity index (χ0v) is 10.7. The van der Waals surface area contributed by atoms with E-state index in [0.29, 0.717) is 11.4 Å². The van der Waals surface area contributed by atoms with Crippen LogP contribution in [0.2, 0.25) is 5.02 Å². The summed E-state index contributed by atoms with van der Waals surface area (Å²) in [5.41, 5.74) is 2.34. The van der Waals surface area contributed by atoms with Crippen LogP contribution in [-0.4, -0.2) is 24.7 Å². The minimum atomic E-state index is -0.733. The second-order valence-electron chi connectivity index (χ2n) is 4.76. The Balaban J connectivity index is 2.24. The molecule has 0 spiro atoms. The Labute approximate surface area is 106 Å². The first-order valence-electron chi connectivity index (χ1n) is 5.72. The average Bonchev–Trinajstić information content (AvgIpc) is 2.55. The van der Waals surface area contributed by atoms with Gasteiger partial charge >= 0.3 is 5.97 Å². The lowest BCUT2D eigenvalue weighted by Crippen LogP contribution is -2.19. The number of carboxylic acids is 1. The van der Waals surface area contributed by atoms with E-state index in [1.54, 1.807) is 6.92 Å². The van der Waals surface area contributed by atoms with Gasteiger partial charge in [-0.3, -0.25) is 4.79 Å². The van der Waals surface area contributed by atoms with Crippen molar-refractivity contribution in [3.05, 3.63) is 28.8 Å². The summed E-state index contributed by atoms with van der Waals surface area (Å²) >= 11 is 6.00.